The van der Waals surface area contributed by atoms with Gasteiger partial charge in [-0.2, -0.15) is 0 Å². The second kappa shape index (κ2) is 9.13. The molecule has 3 nitrogen and oxygen atoms in total. The van der Waals surface area contributed by atoms with Gasteiger partial charge in [-0.15, -0.1) is 0 Å². The Labute approximate surface area is 172 Å². The second-order valence-corrected chi connectivity index (χ2v) is 7.46. The monoisotopic (exact) mass is 390 g/mol. The van der Waals surface area contributed by atoms with Crippen LogP contribution in [-0.4, -0.2) is 0 Å². The second-order valence-electron chi connectivity index (χ2n) is 7.46. The first-order valence-electron chi connectivity index (χ1n) is 10.5. The molecule has 0 radical (unpaired) electrons. The van der Waals surface area contributed by atoms with Crippen molar-refractivity contribution in [2.75, 3.05) is 0 Å². The number of hydrogen-bond acceptors (Lipinski definition) is 3. The van der Waals surface area contributed by atoms with Crippen LogP contribution >= 0.6 is 0 Å². The normalized spacial score (nSPS) is 12.6. The number of furan rings is 1. The minimum absolute atomic E-state index is 0.282. The van der Waals surface area contributed by atoms with E-state index in [-0.39, 0.29) is 5.63 Å². The van der Waals surface area contributed by atoms with Crippen LogP contribution in [0.15, 0.2) is 56.1 Å². The van der Waals surface area contributed by atoms with Crippen molar-refractivity contribution in [1.82, 2.24) is 0 Å². The highest BCUT2D eigenvalue weighted by atomic mass is 16.4. The van der Waals surface area contributed by atoms with Crippen molar-refractivity contribution in [3.05, 3.63) is 80.9 Å². The lowest BCUT2D eigenvalue weighted by atomic mass is 9.95. The predicted molar refractivity (Wildman–Crippen MR) is 121 cm³/mol. The van der Waals surface area contributed by atoms with Crippen molar-refractivity contribution in [2.24, 2.45) is 0 Å². The van der Waals surface area contributed by atoms with Gasteiger partial charge in [0, 0.05) is 28.8 Å². The Bertz CT molecular complexity index is 1180. The van der Waals surface area contributed by atoms with E-state index in [1.165, 1.54) is 47.6 Å². The summed E-state index contributed by atoms with van der Waals surface area (Å²) in [5.74, 6) is 1.23. The molecule has 1 aliphatic rings. The minimum Gasteiger partial charge on any atom is -0.461 e. The van der Waals surface area contributed by atoms with Crippen LogP contribution < -0.4 is 5.63 Å². The van der Waals surface area contributed by atoms with Crippen LogP contribution in [0.2, 0.25) is 0 Å². The molecule has 3 heteroatoms. The highest BCUT2D eigenvalue weighted by Crippen LogP contribution is 2.32. The van der Waals surface area contributed by atoms with Gasteiger partial charge in [-0.25, -0.2) is 4.79 Å². The van der Waals surface area contributed by atoms with Crippen LogP contribution in [-0.2, 0) is 12.8 Å². The van der Waals surface area contributed by atoms with Crippen molar-refractivity contribution in [1.29, 1.82) is 0 Å². The van der Waals surface area contributed by atoms with Crippen molar-refractivity contribution < 1.29 is 8.83 Å². The third-order valence-corrected chi connectivity index (χ3v) is 5.22. The van der Waals surface area contributed by atoms with Crippen LogP contribution in [0.25, 0.3) is 21.9 Å². The van der Waals surface area contributed by atoms with Gasteiger partial charge in [0.15, 0.2) is 0 Å². The Morgan fingerprint density at radius 1 is 0.724 bits per heavy atom. The van der Waals surface area contributed by atoms with Gasteiger partial charge in [-0.05, 0) is 69.4 Å². The zero-order chi connectivity index (χ0) is 21.0. The first-order valence-corrected chi connectivity index (χ1v) is 10.5. The topological polar surface area (TPSA) is 43.4 Å². The molecule has 0 unspecified atom stereocenters. The molecule has 0 amide bonds. The molecule has 0 spiro atoms. The van der Waals surface area contributed by atoms with Gasteiger partial charge < -0.3 is 8.83 Å². The third-order valence-electron chi connectivity index (χ3n) is 5.22. The number of fused-ring (bicyclic) bond motifs is 4. The lowest BCUT2D eigenvalue weighted by molar-refractivity contribution is 0.506. The van der Waals surface area contributed by atoms with E-state index >= 15 is 0 Å². The molecule has 1 aliphatic carbocycles. The molecule has 0 atom stereocenters. The minimum atomic E-state index is -0.282. The third kappa shape index (κ3) is 4.61. The van der Waals surface area contributed by atoms with Crippen molar-refractivity contribution in [2.45, 2.75) is 60.3 Å². The maximum Gasteiger partial charge on any atom is 0.336 e. The molecule has 29 heavy (non-hydrogen) atoms. The molecular weight excluding hydrogens is 360 g/mol. The first kappa shape index (κ1) is 20.9. The fraction of sp³-hybridized carbons (Fsp3) is 0.346. The summed E-state index contributed by atoms with van der Waals surface area (Å²) in [6.45, 7) is 10.0. The lowest BCUT2D eigenvalue weighted by Crippen LogP contribution is -1.98. The van der Waals surface area contributed by atoms with Gasteiger partial charge in [-0.3, -0.25) is 0 Å². The van der Waals surface area contributed by atoms with Crippen LogP contribution in [0.5, 0.6) is 0 Å². The standard InChI is InChI=1S/C13H14O.C11H10O2.C2H6/c1-9-6-7-13-11(8-9)10-4-2-3-5-12(10)14-13;1-7-3-4-9-8(2)6-11(12)13-10(9)5-7;1-2/h6-8H,2-5H2,1H3;3-6H,1-2H3;1-2H3. The highest BCUT2D eigenvalue weighted by Gasteiger charge is 2.17. The van der Waals surface area contributed by atoms with E-state index < -0.39 is 0 Å². The molecule has 0 saturated carbocycles. The lowest BCUT2D eigenvalue weighted by Gasteiger charge is -2.08. The van der Waals surface area contributed by atoms with Crippen LogP contribution in [0.1, 0.15) is 54.7 Å². The molecule has 0 saturated heterocycles. The van der Waals surface area contributed by atoms with Gasteiger partial charge >= 0.3 is 5.63 Å². The van der Waals surface area contributed by atoms with Crippen LogP contribution in [0.4, 0.5) is 0 Å². The molecular formula is C26H30O3. The number of hydrogen-bond donors (Lipinski definition) is 0. The van der Waals surface area contributed by atoms with E-state index in [2.05, 4.69) is 25.1 Å². The maximum atomic E-state index is 11.0. The predicted octanol–water partition coefficient (Wildman–Crippen LogP) is 7.06. The fourth-order valence-corrected chi connectivity index (χ4v) is 3.81. The number of rotatable bonds is 0. The summed E-state index contributed by atoms with van der Waals surface area (Å²) < 4.78 is 10.9. The first-order chi connectivity index (χ1) is 14.0. The summed E-state index contributed by atoms with van der Waals surface area (Å²) in [5, 5.41) is 2.35. The quantitative estimate of drug-likeness (QED) is 0.302. The van der Waals surface area contributed by atoms with Crippen molar-refractivity contribution >= 4 is 21.9 Å². The zero-order valence-corrected chi connectivity index (χ0v) is 18.1. The Morgan fingerprint density at radius 3 is 2.21 bits per heavy atom. The summed E-state index contributed by atoms with van der Waals surface area (Å²) in [5.41, 5.74) is 6.32. The zero-order valence-electron chi connectivity index (χ0n) is 18.1. The smallest absolute Gasteiger partial charge is 0.336 e. The summed E-state index contributed by atoms with van der Waals surface area (Å²) in [4.78, 5) is 11.0. The van der Waals surface area contributed by atoms with Gasteiger partial charge in [0.25, 0.3) is 0 Å². The fourth-order valence-electron chi connectivity index (χ4n) is 3.81. The average molecular weight is 391 g/mol. The molecule has 0 aliphatic heterocycles. The Hall–Kier alpha value is -2.81. The summed E-state index contributed by atoms with van der Waals surface area (Å²) in [6.07, 6.45) is 4.93. The Balaban J connectivity index is 0.000000153. The summed E-state index contributed by atoms with van der Waals surface area (Å²) in [6, 6.07) is 13.9. The molecule has 2 aromatic carbocycles. The van der Waals surface area contributed by atoms with Gasteiger partial charge in [-0.1, -0.05) is 37.6 Å². The van der Waals surface area contributed by atoms with Gasteiger partial charge in [0.05, 0.1) is 0 Å². The van der Waals surface area contributed by atoms with E-state index in [0.29, 0.717) is 5.58 Å². The Morgan fingerprint density at radius 2 is 1.41 bits per heavy atom. The van der Waals surface area contributed by atoms with E-state index in [4.69, 9.17) is 8.83 Å². The van der Waals surface area contributed by atoms with E-state index in [0.717, 1.165) is 28.5 Å². The van der Waals surface area contributed by atoms with Crippen LogP contribution in [0.3, 0.4) is 0 Å². The van der Waals surface area contributed by atoms with E-state index in [1.54, 1.807) is 0 Å². The largest absolute Gasteiger partial charge is 0.461 e. The number of aryl methyl sites for hydroxylation is 5. The number of benzene rings is 2. The highest BCUT2D eigenvalue weighted by molar-refractivity contribution is 5.83. The van der Waals surface area contributed by atoms with Crippen molar-refractivity contribution in [3.63, 3.8) is 0 Å². The molecule has 0 bridgehead atoms. The molecule has 0 fully saturated rings. The Kier molecular flexibility index (Phi) is 6.58. The molecule has 0 N–H and O–H groups in total. The maximum absolute atomic E-state index is 11.0. The van der Waals surface area contributed by atoms with E-state index in [1.807, 2.05) is 45.9 Å². The van der Waals surface area contributed by atoms with E-state index in [9.17, 15) is 4.79 Å². The molecule has 152 valence electrons. The average Bonchev–Trinajstić information content (AvgIpc) is 3.07. The van der Waals surface area contributed by atoms with Gasteiger partial charge in [0.1, 0.15) is 16.9 Å². The molecule has 4 aromatic rings. The SMILES string of the molecule is CC.Cc1ccc2c(C)cc(=O)oc2c1.Cc1ccc2oc3c(c2c1)CCCC3. The summed E-state index contributed by atoms with van der Waals surface area (Å²) >= 11 is 0. The molecule has 5 rings (SSSR count). The molecule has 2 aromatic heterocycles. The van der Waals surface area contributed by atoms with Crippen LogP contribution in [0, 0.1) is 20.8 Å². The summed E-state index contributed by atoms with van der Waals surface area (Å²) in [7, 11) is 0. The van der Waals surface area contributed by atoms with Crippen molar-refractivity contribution in [3.8, 4) is 0 Å². The van der Waals surface area contributed by atoms with Gasteiger partial charge in [0.2, 0.25) is 0 Å². The molecule has 2 heterocycles.